The summed E-state index contributed by atoms with van der Waals surface area (Å²) in [6.07, 6.45) is 1.71. The molecule has 0 aliphatic carbocycles. The number of benzene rings is 1. The molecule has 0 spiro atoms. The summed E-state index contributed by atoms with van der Waals surface area (Å²) in [4.78, 5) is 26.7. The topological polar surface area (TPSA) is 79.3 Å². The molecule has 0 aliphatic heterocycles. The normalized spacial score (nSPS) is 10.1. The molecule has 0 saturated heterocycles. The van der Waals surface area contributed by atoms with E-state index in [9.17, 15) is 9.59 Å². The molecule has 0 saturated carbocycles. The molecule has 5 nitrogen and oxygen atoms in total. The number of carboxylic acid groups (broad SMARTS) is 1. The largest absolute Gasteiger partial charge is 0.478 e. The molecule has 0 bridgehead atoms. The molecule has 1 heterocycles. The number of hydrogen-bond acceptors (Lipinski definition) is 3. The molecule has 2 aromatic rings. The first-order valence-electron chi connectivity index (χ1n) is 6.55. The molecule has 1 aromatic carbocycles. The summed E-state index contributed by atoms with van der Waals surface area (Å²) in [6, 6.07) is 10.6. The van der Waals surface area contributed by atoms with Crippen LogP contribution in [0.1, 0.15) is 27.2 Å². The lowest BCUT2D eigenvalue weighted by atomic mass is 10.1. The Morgan fingerprint density at radius 3 is 2.76 bits per heavy atom. The summed E-state index contributed by atoms with van der Waals surface area (Å²) in [5, 5.41) is 11.6. The molecule has 5 heteroatoms. The zero-order valence-electron chi connectivity index (χ0n) is 11.7. The first-order chi connectivity index (χ1) is 10.0. The van der Waals surface area contributed by atoms with Gasteiger partial charge < -0.3 is 10.4 Å². The maximum absolute atomic E-state index is 11.9. The number of pyridine rings is 1. The van der Waals surface area contributed by atoms with E-state index >= 15 is 0 Å². The van der Waals surface area contributed by atoms with Gasteiger partial charge in [0.2, 0.25) is 5.91 Å². The minimum absolute atomic E-state index is 0.122. The minimum Gasteiger partial charge on any atom is -0.478 e. The molecular formula is C16H16N2O3. The van der Waals surface area contributed by atoms with Gasteiger partial charge in [0.15, 0.2) is 0 Å². The molecule has 0 aliphatic rings. The summed E-state index contributed by atoms with van der Waals surface area (Å²) >= 11 is 0. The molecule has 2 N–H and O–H groups in total. The number of rotatable bonds is 5. The summed E-state index contributed by atoms with van der Waals surface area (Å²) in [5.41, 5.74) is 2.73. The van der Waals surface area contributed by atoms with Crippen LogP contribution in [0.25, 0.3) is 0 Å². The van der Waals surface area contributed by atoms with Crippen molar-refractivity contribution < 1.29 is 14.7 Å². The van der Waals surface area contributed by atoms with Crippen LogP contribution in [0.5, 0.6) is 0 Å². The van der Waals surface area contributed by atoms with E-state index in [0.29, 0.717) is 12.1 Å². The lowest BCUT2D eigenvalue weighted by Gasteiger charge is -2.06. The number of carbonyl (C=O) groups excluding carboxylic acids is 1. The predicted molar refractivity (Wildman–Crippen MR) is 77.9 cm³/mol. The van der Waals surface area contributed by atoms with Crippen molar-refractivity contribution >= 4 is 11.9 Å². The SMILES string of the molecule is Cc1cccc(CC(=O)NCc2cc(C(=O)O)ccn2)c1. The van der Waals surface area contributed by atoms with Gasteiger partial charge in [0, 0.05) is 6.20 Å². The number of amides is 1. The summed E-state index contributed by atoms with van der Waals surface area (Å²) in [7, 11) is 0. The van der Waals surface area contributed by atoms with E-state index in [2.05, 4.69) is 10.3 Å². The molecule has 0 fully saturated rings. The molecular weight excluding hydrogens is 268 g/mol. The summed E-state index contributed by atoms with van der Waals surface area (Å²) in [5.74, 6) is -1.13. The highest BCUT2D eigenvalue weighted by atomic mass is 16.4. The Morgan fingerprint density at radius 2 is 2.05 bits per heavy atom. The van der Waals surface area contributed by atoms with Gasteiger partial charge in [-0.15, -0.1) is 0 Å². The van der Waals surface area contributed by atoms with Gasteiger partial charge in [0.1, 0.15) is 0 Å². The lowest BCUT2D eigenvalue weighted by Crippen LogP contribution is -2.25. The van der Waals surface area contributed by atoms with E-state index in [0.717, 1.165) is 11.1 Å². The van der Waals surface area contributed by atoms with Crippen LogP contribution >= 0.6 is 0 Å². The Bertz CT molecular complexity index is 668. The van der Waals surface area contributed by atoms with Crippen molar-refractivity contribution in [3.63, 3.8) is 0 Å². The molecule has 0 unspecified atom stereocenters. The fraction of sp³-hybridized carbons (Fsp3) is 0.188. The highest BCUT2D eigenvalue weighted by molar-refractivity contribution is 5.87. The third-order valence-corrected chi connectivity index (χ3v) is 2.98. The van der Waals surface area contributed by atoms with Crippen molar-refractivity contribution in [3.05, 3.63) is 65.0 Å². The Balaban J connectivity index is 1.92. The number of carboxylic acids is 1. The summed E-state index contributed by atoms with van der Waals surface area (Å²) < 4.78 is 0. The average molecular weight is 284 g/mol. The van der Waals surface area contributed by atoms with E-state index in [4.69, 9.17) is 5.11 Å². The standard InChI is InChI=1S/C16H16N2O3/c1-11-3-2-4-12(7-11)8-15(19)18-10-14-9-13(16(20)21)5-6-17-14/h2-7,9H,8,10H2,1H3,(H,18,19)(H,20,21). The first-order valence-corrected chi connectivity index (χ1v) is 6.55. The zero-order valence-corrected chi connectivity index (χ0v) is 11.7. The molecule has 2 rings (SSSR count). The van der Waals surface area contributed by atoms with Gasteiger partial charge in [-0.3, -0.25) is 9.78 Å². The van der Waals surface area contributed by atoms with E-state index in [1.165, 1.54) is 18.3 Å². The summed E-state index contributed by atoms with van der Waals surface area (Å²) in [6.45, 7) is 2.19. The van der Waals surface area contributed by atoms with Crippen molar-refractivity contribution in [2.24, 2.45) is 0 Å². The third-order valence-electron chi connectivity index (χ3n) is 2.98. The quantitative estimate of drug-likeness (QED) is 0.879. The number of aromatic nitrogens is 1. The van der Waals surface area contributed by atoms with Crippen molar-refractivity contribution in [1.82, 2.24) is 10.3 Å². The fourth-order valence-corrected chi connectivity index (χ4v) is 1.97. The fourth-order valence-electron chi connectivity index (χ4n) is 1.97. The van der Waals surface area contributed by atoms with Gasteiger partial charge in [-0.1, -0.05) is 29.8 Å². The van der Waals surface area contributed by atoms with Crippen molar-refractivity contribution in [2.75, 3.05) is 0 Å². The molecule has 108 valence electrons. The van der Waals surface area contributed by atoms with Gasteiger partial charge >= 0.3 is 5.97 Å². The maximum Gasteiger partial charge on any atom is 0.335 e. The second-order valence-electron chi connectivity index (χ2n) is 4.78. The number of hydrogen-bond donors (Lipinski definition) is 2. The van der Waals surface area contributed by atoms with E-state index < -0.39 is 5.97 Å². The van der Waals surface area contributed by atoms with Gasteiger partial charge in [0.05, 0.1) is 24.2 Å². The van der Waals surface area contributed by atoms with Crippen LogP contribution in [0.2, 0.25) is 0 Å². The van der Waals surface area contributed by atoms with E-state index in [1.54, 1.807) is 0 Å². The first kappa shape index (κ1) is 14.7. The Morgan fingerprint density at radius 1 is 1.24 bits per heavy atom. The smallest absolute Gasteiger partial charge is 0.335 e. The van der Waals surface area contributed by atoms with Crippen LogP contribution in [-0.2, 0) is 17.8 Å². The van der Waals surface area contributed by atoms with Crippen LogP contribution < -0.4 is 5.32 Å². The van der Waals surface area contributed by atoms with Crippen LogP contribution in [-0.4, -0.2) is 22.0 Å². The number of nitrogens with one attached hydrogen (secondary N) is 1. The van der Waals surface area contributed by atoms with Crippen LogP contribution in [0.15, 0.2) is 42.6 Å². The molecule has 0 radical (unpaired) electrons. The van der Waals surface area contributed by atoms with Crippen molar-refractivity contribution in [1.29, 1.82) is 0 Å². The second kappa shape index (κ2) is 6.65. The third kappa shape index (κ3) is 4.42. The molecule has 21 heavy (non-hydrogen) atoms. The monoisotopic (exact) mass is 284 g/mol. The Kier molecular flexibility index (Phi) is 4.66. The van der Waals surface area contributed by atoms with Gasteiger partial charge in [-0.2, -0.15) is 0 Å². The number of aryl methyl sites for hydroxylation is 1. The maximum atomic E-state index is 11.9. The van der Waals surface area contributed by atoms with Gasteiger partial charge in [0.25, 0.3) is 0 Å². The molecule has 1 amide bonds. The van der Waals surface area contributed by atoms with Gasteiger partial charge in [-0.05, 0) is 24.6 Å². The van der Waals surface area contributed by atoms with Crippen LogP contribution in [0.3, 0.4) is 0 Å². The lowest BCUT2D eigenvalue weighted by molar-refractivity contribution is -0.120. The predicted octanol–water partition coefficient (Wildman–Crippen LogP) is 1.95. The Labute approximate surface area is 122 Å². The zero-order chi connectivity index (χ0) is 15.2. The molecule has 0 atom stereocenters. The van der Waals surface area contributed by atoms with Crippen molar-refractivity contribution in [2.45, 2.75) is 19.9 Å². The van der Waals surface area contributed by atoms with Crippen LogP contribution in [0, 0.1) is 6.92 Å². The molecule has 1 aromatic heterocycles. The average Bonchev–Trinajstić information content (AvgIpc) is 2.45. The van der Waals surface area contributed by atoms with E-state index in [1.807, 2.05) is 31.2 Å². The van der Waals surface area contributed by atoms with E-state index in [-0.39, 0.29) is 18.0 Å². The highest BCUT2D eigenvalue weighted by Gasteiger charge is 2.07. The van der Waals surface area contributed by atoms with Crippen LogP contribution in [0.4, 0.5) is 0 Å². The Hall–Kier alpha value is -2.69. The number of aromatic carboxylic acids is 1. The number of carbonyl (C=O) groups is 2. The highest BCUT2D eigenvalue weighted by Crippen LogP contribution is 2.05. The minimum atomic E-state index is -1.01. The second-order valence-corrected chi connectivity index (χ2v) is 4.78. The van der Waals surface area contributed by atoms with Gasteiger partial charge in [-0.25, -0.2) is 4.79 Å². The van der Waals surface area contributed by atoms with Crippen molar-refractivity contribution in [3.8, 4) is 0 Å². The number of nitrogens with zero attached hydrogens (tertiary/aromatic N) is 1.